The van der Waals surface area contributed by atoms with E-state index in [0.29, 0.717) is 0 Å². The minimum atomic E-state index is 0.902. The van der Waals surface area contributed by atoms with E-state index in [-0.39, 0.29) is 0 Å². The summed E-state index contributed by atoms with van der Waals surface area (Å²) in [4.78, 5) is 2.35. The summed E-state index contributed by atoms with van der Waals surface area (Å²) in [5.41, 5.74) is 18.1. The Morgan fingerprint density at radius 1 is 0.269 bits per heavy atom. The molecular formula is C64H42N2O. The lowest BCUT2D eigenvalue weighted by atomic mass is 9.98. The van der Waals surface area contributed by atoms with Gasteiger partial charge in [0.15, 0.2) is 0 Å². The monoisotopic (exact) mass is 854 g/mol. The molecule has 3 nitrogen and oxygen atoms in total. The van der Waals surface area contributed by atoms with Crippen molar-refractivity contribution in [1.82, 2.24) is 4.57 Å². The molecule has 0 radical (unpaired) electrons. The first-order valence-electron chi connectivity index (χ1n) is 22.9. The highest BCUT2D eigenvalue weighted by molar-refractivity contribution is 6.09. The Morgan fingerprint density at radius 3 is 1.22 bits per heavy atom. The maximum Gasteiger partial charge on any atom is 0.135 e. The van der Waals surface area contributed by atoms with E-state index in [0.717, 1.165) is 61.4 Å². The van der Waals surface area contributed by atoms with E-state index in [4.69, 9.17) is 4.42 Å². The number of hydrogen-bond acceptors (Lipinski definition) is 2. The summed E-state index contributed by atoms with van der Waals surface area (Å²) in [7, 11) is 0. The van der Waals surface area contributed by atoms with Gasteiger partial charge < -0.3 is 13.9 Å². The molecule has 0 aliphatic rings. The van der Waals surface area contributed by atoms with E-state index >= 15 is 0 Å². The van der Waals surface area contributed by atoms with Crippen LogP contribution in [0.2, 0.25) is 0 Å². The largest absolute Gasteiger partial charge is 0.456 e. The van der Waals surface area contributed by atoms with Crippen LogP contribution in [-0.4, -0.2) is 4.57 Å². The second-order valence-electron chi connectivity index (χ2n) is 17.3. The van der Waals surface area contributed by atoms with Crippen molar-refractivity contribution in [3.63, 3.8) is 0 Å². The molecule has 0 bridgehead atoms. The Bertz CT molecular complexity index is 3880. The molecule has 0 saturated carbocycles. The smallest absolute Gasteiger partial charge is 0.135 e. The van der Waals surface area contributed by atoms with Gasteiger partial charge in [0.25, 0.3) is 0 Å². The zero-order valence-electron chi connectivity index (χ0n) is 36.6. The summed E-state index contributed by atoms with van der Waals surface area (Å²) in [6.07, 6.45) is 0. The molecule has 0 fully saturated rings. The van der Waals surface area contributed by atoms with Gasteiger partial charge in [0.1, 0.15) is 11.2 Å². The number of para-hydroxylation sites is 3. The molecule has 2 aromatic heterocycles. The fourth-order valence-electron chi connectivity index (χ4n) is 9.99. The molecule has 13 aromatic rings. The Labute approximate surface area is 388 Å². The lowest BCUT2D eigenvalue weighted by Gasteiger charge is -2.26. The fraction of sp³-hybridized carbons (Fsp3) is 0. The Morgan fingerprint density at radius 2 is 0.657 bits per heavy atom. The van der Waals surface area contributed by atoms with Gasteiger partial charge in [0.2, 0.25) is 0 Å². The molecule has 0 amide bonds. The molecule has 3 heteroatoms. The molecule has 314 valence electrons. The van der Waals surface area contributed by atoms with Crippen LogP contribution in [0.25, 0.3) is 105 Å². The Kier molecular flexibility index (Phi) is 9.17. The molecule has 0 aliphatic heterocycles. The third-order valence-corrected chi connectivity index (χ3v) is 13.4. The highest BCUT2D eigenvalue weighted by Gasteiger charge is 2.16. The molecule has 0 spiro atoms. The van der Waals surface area contributed by atoms with Gasteiger partial charge in [-0.3, -0.25) is 0 Å². The lowest BCUT2D eigenvalue weighted by Crippen LogP contribution is -2.09. The maximum atomic E-state index is 6.14. The summed E-state index contributed by atoms with van der Waals surface area (Å²) in [6, 6.07) is 92.0. The normalized spacial score (nSPS) is 11.6. The molecule has 0 N–H and O–H groups in total. The number of fused-ring (bicyclic) bond motifs is 7. The maximum absolute atomic E-state index is 6.14. The quantitative estimate of drug-likeness (QED) is 0.152. The molecule has 13 rings (SSSR count). The number of rotatable bonds is 8. The van der Waals surface area contributed by atoms with Crippen molar-refractivity contribution in [1.29, 1.82) is 0 Å². The van der Waals surface area contributed by atoms with Gasteiger partial charge in [0, 0.05) is 44.3 Å². The predicted octanol–water partition coefficient (Wildman–Crippen LogP) is 18.0. The number of anilines is 3. The van der Waals surface area contributed by atoms with Crippen LogP contribution in [0.15, 0.2) is 259 Å². The van der Waals surface area contributed by atoms with Gasteiger partial charge in [-0.1, -0.05) is 170 Å². The van der Waals surface area contributed by atoms with E-state index in [2.05, 4.69) is 252 Å². The highest BCUT2D eigenvalue weighted by atomic mass is 16.3. The topological polar surface area (TPSA) is 21.3 Å². The van der Waals surface area contributed by atoms with Crippen LogP contribution in [0.1, 0.15) is 0 Å². The molecule has 11 aromatic carbocycles. The van der Waals surface area contributed by atoms with Crippen LogP contribution in [0.5, 0.6) is 0 Å². The number of benzene rings is 11. The van der Waals surface area contributed by atoms with Gasteiger partial charge in [-0.15, -0.1) is 0 Å². The average Bonchev–Trinajstić information content (AvgIpc) is 3.95. The minimum Gasteiger partial charge on any atom is -0.456 e. The summed E-state index contributed by atoms with van der Waals surface area (Å²) in [6.45, 7) is 0. The molecule has 67 heavy (non-hydrogen) atoms. The molecule has 0 saturated heterocycles. The van der Waals surface area contributed by atoms with Crippen molar-refractivity contribution in [2.75, 3.05) is 4.90 Å². The lowest BCUT2D eigenvalue weighted by molar-refractivity contribution is 0.669. The first kappa shape index (κ1) is 38.5. The van der Waals surface area contributed by atoms with Crippen molar-refractivity contribution >= 4 is 71.6 Å². The standard InChI is InChI=1S/C64H42N2O/c1-2-10-50-41-51(22-21-43(50)9-1)48-19-17-44(18-20-48)45-23-32-53(33-24-45)65(55-36-29-49(30-37-55)52-31-40-64-60(42-52)59-13-5-8-16-63(59)67-64)54-34-25-46(26-35-54)47-27-38-56(39-28-47)66-61-14-6-3-11-57(61)58-12-4-7-15-62(58)66/h1-42H. The van der Waals surface area contributed by atoms with Crippen molar-refractivity contribution in [2.24, 2.45) is 0 Å². The Hall–Kier alpha value is -8.92. The molecule has 0 atom stereocenters. The number of hydrogen-bond donors (Lipinski definition) is 0. The summed E-state index contributed by atoms with van der Waals surface area (Å²) in [5.74, 6) is 0. The van der Waals surface area contributed by atoms with E-state index in [9.17, 15) is 0 Å². The third kappa shape index (κ3) is 6.84. The third-order valence-electron chi connectivity index (χ3n) is 13.4. The van der Waals surface area contributed by atoms with Gasteiger partial charge in [0.05, 0.1) is 11.0 Å². The van der Waals surface area contributed by atoms with Crippen LogP contribution < -0.4 is 4.90 Å². The van der Waals surface area contributed by atoms with Crippen molar-refractivity contribution in [2.45, 2.75) is 0 Å². The Balaban J connectivity index is 0.827. The van der Waals surface area contributed by atoms with Gasteiger partial charge in [-0.05, 0) is 140 Å². The summed E-state index contributed by atoms with van der Waals surface area (Å²) >= 11 is 0. The van der Waals surface area contributed by atoms with Crippen LogP contribution in [0.3, 0.4) is 0 Å². The number of nitrogens with zero attached hydrogens (tertiary/aromatic N) is 2. The first-order valence-corrected chi connectivity index (χ1v) is 22.9. The van der Waals surface area contributed by atoms with Gasteiger partial charge in [-0.25, -0.2) is 0 Å². The van der Waals surface area contributed by atoms with E-state index < -0.39 is 0 Å². The zero-order valence-corrected chi connectivity index (χ0v) is 36.6. The van der Waals surface area contributed by atoms with Crippen LogP contribution >= 0.6 is 0 Å². The number of furan rings is 1. The average molecular weight is 855 g/mol. The van der Waals surface area contributed by atoms with Gasteiger partial charge in [-0.2, -0.15) is 0 Å². The van der Waals surface area contributed by atoms with Crippen molar-refractivity contribution in [3.05, 3.63) is 255 Å². The first-order chi connectivity index (χ1) is 33.2. The van der Waals surface area contributed by atoms with Crippen LogP contribution in [0, 0.1) is 0 Å². The van der Waals surface area contributed by atoms with E-state index in [1.54, 1.807) is 0 Å². The van der Waals surface area contributed by atoms with Crippen LogP contribution in [-0.2, 0) is 0 Å². The van der Waals surface area contributed by atoms with Crippen LogP contribution in [0.4, 0.5) is 17.1 Å². The minimum absolute atomic E-state index is 0.902. The predicted molar refractivity (Wildman–Crippen MR) is 282 cm³/mol. The summed E-state index contributed by atoms with van der Waals surface area (Å²) < 4.78 is 8.51. The van der Waals surface area contributed by atoms with E-state index in [1.165, 1.54) is 60.4 Å². The van der Waals surface area contributed by atoms with Gasteiger partial charge >= 0.3 is 0 Å². The molecule has 0 unspecified atom stereocenters. The zero-order chi connectivity index (χ0) is 44.3. The number of aromatic nitrogens is 1. The second kappa shape index (κ2) is 16.0. The highest BCUT2D eigenvalue weighted by Crippen LogP contribution is 2.40. The molecular weight excluding hydrogens is 813 g/mol. The van der Waals surface area contributed by atoms with Crippen molar-refractivity contribution < 1.29 is 4.42 Å². The summed E-state index contributed by atoms with van der Waals surface area (Å²) in [5, 5.41) is 7.30. The van der Waals surface area contributed by atoms with E-state index in [1.807, 2.05) is 12.1 Å². The second-order valence-corrected chi connectivity index (χ2v) is 17.3. The SMILES string of the molecule is c1ccc2cc(-c3ccc(-c4ccc(N(c5ccc(-c6ccc(-n7c8ccccc8c8ccccc87)cc6)cc5)c5ccc(-c6ccc7oc8ccccc8c7c6)cc5)cc4)cc3)ccc2c1. The van der Waals surface area contributed by atoms with Crippen molar-refractivity contribution in [3.8, 4) is 50.2 Å². The fourth-order valence-corrected chi connectivity index (χ4v) is 9.99. The molecule has 0 aliphatic carbocycles. The molecule has 2 heterocycles.